The van der Waals surface area contributed by atoms with Crippen molar-refractivity contribution in [2.24, 2.45) is 0 Å². The molecule has 6 rings (SSSR count). The second kappa shape index (κ2) is 19.2. The molecule has 2 saturated heterocycles. The highest BCUT2D eigenvalue weighted by Gasteiger charge is 2.51. The van der Waals surface area contributed by atoms with Gasteiger partial charge in [0, 0.05) is 47.9 Å². The first-order valence-corrected chi connectivity index (χ1v) is 20.5. The third kappa shape index (κ3) is 11.4. The fraction of sp³-hybridized carbons (Fsp3) is 0.591. The van der Waals surface area contributed by atoms with Crippen LogP contribution in [-0.2, 0) is 38.1 Å². The highest BCUT2D eigenvalue weighted by atomic mass is 16.6. The molecule has 4 N–H and O–H groups in total. The molecule has 2 aromatic rings. The molecule has 2 spiro atoms. The first-order valence-electron chi connectivity index (χ1n) is 23.5. The van der Waals surface area contributed by atoms with Crippen LogP contribution >= 0.6 is 0 Å². The van der Waals surface area contributed by atoms with Crippen molar-refractivity contribution in [3.05, 3.63) is 48.5 Å². The maximum atomic E-state index is 13.2. The van der Waals surface area contributed by atoms with Gasteiger partial charge in [-0.1, -0.05) is 24.3 Å². The second-order valence-electron chi connectivity index (χ2n) is 17.5. The molecule has 4 atom stereocenters. The normalized spacial score (nSPS) is 22.9. The molecule has 4 aliphatic rings. The Kier molecular flexibility index (Phi) is 12.1. The summed E-state index contributed by atoms with van der Waals surface area (Å²) in [5.74, 6) is -1.76. The fourth-order valence-electron chi connectivity index (χ4n) is 7.07. The van der Waals surface area contributed by atoms with Crippen LogP contribution in [0.15, 0.2) is 48.5 Å². The second-order valence-corrected chi connectivity index (χ2v) is 17.5. The number of anilines is 2. The van der Waals surface area contributed by atoms with E-state index in [0.717, 1.165) is 0 Å². The van der Waals surface area contributed by atoms with Gasteiger partial charge in [-0.3, -0.25) is 29.0 Å². The Balaban J connectivity index is 0.000000254. The van der Waals surface area contributed by atoms with Gasteiger partial charge in [-0.05, 0) is 79.7 Å². The Morgan fingerprint density at radius 1 is 0.661 bits per heavy atom. The molecule has 0 saturated carbocycles. The number of fused-ring (bicyclic) bond motifs is 2. The number of carbonyl (C=O) groups excluding carboxylic acids is 6. The van der Waals surface area contributed by atoms with Crippen molar-refractivity contribution in [2.45, 2.75) is 128 Å². The van der Waals surface area contributed by atoms with E-state index in [1.807, 2.05) is 0 Å². The minimum atomic E-state index is -2.95. The van der Waals surface area contributed by atoms with Crippen molar-refractivity contribution in [3.8, 4) is 11.5 Å². The number of hydrogen-bond donors (Lipinski definition) is 4. The van der Waals surface area contributed by atoms with Crippen molar-refractivity contribution in [1.82, 2.24) is 20.4 Å². The van der Waals surface area contributed by atoms with Gasteiger partial charge in [0.2, 0.25) is 11.8 Å². The van der Waals surface area contributed by atoms with Gasteiger partial charge in [0.1, 0.15) is 58.1 Å². The lowest BCUT2D eigenvalue weighted by molar-refractivity contribution is -0.138. The van der Waals surface area contributed by atoms with Crippen LogP contribution in [0, 0.1) is 0 Å². The topological polar surface area (TPSA) is 212 Å². The van der Waals surface area contributed by atoms with Gasteiger partial charge < -0.3 is 49.7 Å². The van der Waals surface area contributed by atoms with Gasteiger partial charge in [0.05, 0.1) is 37.8 Å². The monoisotopic (exact) mass is 872 g/mol. The number of benzene rings is 2. The smallest absolute Gasteiger partial charge is 0.410 e. The van der Waals surface area contributed by atoms with Gasteiger partial charge in [-0.2, -0.15) is 0 Å². The van der Waals surface area contributed by atoms with E-state index in [4.69, 9.17) is 36.6 Å². The third-order valence-electron chi connectivity index (χ3n) is 10.5. The van der Waals surface area contributed by atoms with E-state index in [-0.39, 0.29) is 0 Å². The van der Waals surface area contributed by atoms with Crippen LogP contribution in [0.4, 0.5) is 21.0 Å². The molecule has 18 heteroatoms. The number of rotatable bonds is 6. The van der Waals surface area contributed by atoms with Crippen molar-refractivity contribution in [3.63, 3.8) is 0 Å². The molecule has 0 bridgehead atoms. The average Bonchev–Trinajstić information content (AvgIpc) is 3.39. The molecule has 6 amide bonds. The first kappa shape index (κ1) is 39.2. The Morgan fingerprint density at radius 3 is 1.32 bits per heavy atom. The lowest BCUT2D eigenvalue weighted by atomic mass is 9.85. The third-order valence-corrected chi connectivity index (χ3v) is 10.5. The molecule has 0 unspecified atom stereocenters. The minimum Gasteiger partial charge on any atom is -0.482 e. The lowest BCUT2D eigenvalue weighted by Gasteiger charge is -2.41. The summed E-state index contributed by atoms with van der Waals surface area (Å²) < 4.78 is 80.6. The molecule has 340 valence electrons. The zero-order valence-electron chi connectivity index (χ0n) is 42.4. The van der Waals surface area contributed by atoms with Crippen LogP contribution in [0.5, 0.6) is 11.5 Å². The summed E-state index contributed by atoms with van der Waals surface area (Å²) in [6.07, 6.45) is -1.03. The summed E-state index contributed by atoms with van der Waals surface area (Å²) >= 11 is 0. The maximum Gasteiger partial charge on any atom is 0.410 e. The molecule has 4 heterocycles. The SMILES string of the molecule is [2H]C([2H])([2H])N(C(=O)OC(C)(C)C)[C@@H](C)C(=O)N[C@@H]1C(=O)Nc2ccccc2OC12CCOCC2.[2H]C([2H])([2H])N(C(=O)OC(C)(C)C)[C@@H](C)C(=O)N[C@H]1C(=O)Nc2ccccc2OC12CCOCC2. The summed E-state index contributed by atoms with van der Waals surface area (Å²) in [5.41, 5.74) is -3.24. The van der Waals surface area contributed by atoms with E-state index in [9.17, 15) is 28.8 Å². The Hall–Kier alpha value is -5.62. The zero-order valence-corrected chi connectivity index (χ0v) is 36.4. The number of likely N-dealkylation sites (N-methyl/N-ethyl adjacent to an activating group) is 2. The number of ether oxygens (including phenoxy) is 6. The summed E-state index contributed by atoms with van der Waals surface area (Å²) in [6, 6.07) is 8.61. The maximum absolute atomic E-state index is 13.2. The van der Waals surface area contributed by atoms with Crippen molar-refractivity contribution in [2.75, 3.05) is 51.0 Å². The van der Waals surface area contributed by atoms with Crippen LogP contribution in [0.2, 0.25) is 0 Å². The van der Waals surface area contributed by atoms with Crippen LogP contribution in [0.1, 0.15) is 89.3 Å². The number of para-hydroxylation sites is 4. The van der Waals surface area contributed by atoms with E-state index in [0.29, 0.717) is 84.8 Å². The van der Waals surface area contributed by atoms with Gasteiger partial charge in [-0.25, -0.2) is 9.59 Å². The summed E-state index contributed by atoms with van der Waals surface area (Å²) in [5, 5.41) is 10.8. The molecular weight excluding hydrogens is 805 g/mol. The standard InChI is InChI=1S/2C22H31N3O6/c2*1-14(25(5)20(28)31-21(2,3)4)18(26)24-17-19(27)23-15-8-6-7-9-16(15)30-22(17)10-12-29-13-11-22/h2*6-9,14,17H,10-13H2,1-5H3,(H,23,27)(H,24,26)/t14-,17+;14-,17-/m00/s1/i2*5D3. The van der Waals surface area contributed by atoms with E-state index in [1.54, 1.807) is 90.1 Å². The number of nitrogens with zero attached hydrogens (tertiary/aromatic N) is 2. The largest absolute Gasteiger partial charge is 0.482 e. The molecule has 4 aliphatic heterocycles. The zero-order chi connectivity index (χ0) is 50.6. The predicted octanol–water partition coefficient (Wildman–Crippen LogP) is 4.61. The molecule has 0 aromatic heterocycles. The number of amides is 6. The quantitative estimate of drug-likeness (QED) is 0.314. The van der Waals surface area contributed by atoms with Crippen molar-refractivity contribution in [1.29, 1.82) is 0 Å². The van der Waals surface area contributed by atoms with Gasteiger partial charge in [0.15, 0.2) is 0 Å². The van der Waals surface area contributed by atoms with Crippen molar-refractivity contribution < 1.29 is 65.4 Å². The fourth-order valence-corrected chi connectivity index (χ4v) is 7.07. The Labute approximate surface area is 371 Å². The van der Waals surface area contributed by atoms with E-state index in [2.05, 4.69) is 21.3 Å². The molecule has 18 nitrogen and oxygen atoms in total. The van der Waals surface area contributed by atoms with Crippen LogP contribution in [0.25, 0.3) is 0 Å². The average molecular weight is 873 g/mol. The summed E-state index contributed by atoms with van der Waals surface area (Å²) in [6.45, 7) is 7.45. The van der Waals surface area contributed by atoms with Crippen LogP contribution in [-0.4, -0.2) is 133 Å². The van der Waals surface area contributed by atoms with E-state index < -0.39 is 96.3 Å². The predicted molar refractivity (Wildman–Crippen MR) is 228 cm³/mol. The molecule has 2 aromatic carbocycles. The first-order chi connectivity index (χ1) is 31.5. The van der Waals surface area contributed by atoms with Crippen molar-refractivity contribution >= 4 is 47.2 Å². The molecule has 62 heavy (non-hydrogen) atoms. The lowest BCUT2D eigenvalue weighted by Crippen LogP contribution is -2.64. The number of nitrogens with one attached hydrogen (secondary N) is 4. The van der Waals surface area contributed by atoms with Crippen LogP contribution in [0.3, 0.4) is 0 Å². The van der Waals surface area contributed by atoms with E-state index >= 15 is 0 Å². The van der Waals surface area contributed by atoms with Gasteiger partial charge in [0.25, 0.3) is 11.8 Å². The highest BCUT2D eigenvalue weighted by Crippen LogP contribution is 2.40. The van der Waals surface area contributed by atoms with Crippen LogP contribution < -0.4 is 30.7 Å². The Bertz CT molecular complexity index is 2030. The van der Waals surface area contributed by atoms with E-state index in [1.165, 1.54) is 13.8 Å². The molecular formula is C44H62N6O12. The molecule has 2 fully saturated rings. The Morgan fingerprint density at radius 2 is 1.00 bits per heavy atom. The molecule has 0 radical (unpaired) electrons. The summed E-state index contributed by atoms with van der Waals surface area (Å²) in [4.78, 5) is 79.1. The highest BCUT2D eigenvalue weighted by molar-refractivity contribution is 6.02. The number of hydrogen-bond acceptors (Lipinski definition) is 12. The summed E-state index contributed by atoms with van der Waals surface area (Å²) in [7, 11) is 0. The minimum absolute atomic E-state index is 0.316. The number of carbonyl (C=O) groups is 6. The van der Waals surface area contributed by atoms with Gasteiger partial charge in [-0.15, -0.1) is 0 Å². The van der Waals surface area contributed by atoms with Gasteiger partial charge >= 0.3 is 12.2 Å². The molecule has 0 aliphatic carbocycles.